The van der Waals surface area contributed by atoms with Crippen LogP contribution in [0.4, 0.5) is 0 Å². The summed E-state index contributed by atoms with van der Waals surface area (Å²) in [4.78, 5) is 35.5. The Morgan fingerprint density at radius 2 is 2.00 bits per heavy atom. The first-order valence-electron chi connectivity index (χ1n) is 4.00. The molecule has 0 rings (SSSR count). The van der Waals surface area contributed by atoms with E-state index >= 15 is 0 Å². The molecule has 15 heavy (non-hydrogen) atoms. The Bertz CT molecular complexity index is 274. The van der Waals surface area contributed by atoms with E-state index < -0.39 is 23.9 Å². The molecule has 0 saturated carbocycles. The van der Waals surface area contributed by atoms with Gasteiger partial charge in [0.05, 0.1) is 0 Å². The molecule has 0 saturated heterocycles. The van der Waals surface area contributed by atoms with Crippen LogP contribution in [0.2, 0.25) is 0 Å². The third-order valence-corrected chi connectivity index (χ3v) is 1.41. The molecule has 0 aromatic rings. The fraction of sp³-hybridized carbons (Fsp3) is 0.375. The van der Waals surface area contributed by atoms with Gasteiger partial charge in [0.15, 0.2) is 0 Å². The summed E-state index contributed by atoms with van der Waals surface area (Å²) in [7, 11) is 0. The fourth-order valence-corrected chi connectivity index (χ4v) is 0.671. The van der Waals surface area contributed by atoms with Crippen LogP contribution in [0.1, 0.15) is 12.8 Å². The first-order chi connectivity index (χ1) is 6.97. The van der Waals surface area contributed by atoms with Crippen molar-refractivity contribution in [2.75, 3.05) is 0 Å². The molecule has 0 aliphatic heterocycles. The first kappa shape index (κ1) is 13.1. The summed E-state index contributed by atoms with van der Waals surface area (Å²) in [5.41, 5.74) is 1.94. The lowest BCUT2D eigenvalue weighted by atomic mass is 10.2. The van der Waals surface area contributed by atoms with E-state index in [9.17, 15) is 14.4 Å². The molecular weight excluding hydrogens is 206 g/mol. The first-order valence-corrected chi connectivity index (χ1v) is 4.00. The van der Waals surface area contributed by atoms with Gasteiger partial charge >= 0.3 is 17.9 Å². The third kappa shape index (κ3) is 6.22. The second-order valence-electron chi connectivity index (χ2n) is 2.57. The smallest absolute Gasteiger partial charge is 0.348 e. The summed E-state index contributed by atoms with van der Waals surface area (Å²) < 4.78 is 0. The summed E-state index contributed by atoms with van der Waals surface area (Å²) in [6.07, 6.45) is 0.327. The Morgan fingerprint density at radius 1 is 1.40 bits per heavy atom. The van der Waals surface area contributed by atoms with Gasteiger partial charge in [0.1, 0.15) is 6.04 Å². The highest BCUT2D eigenvalue weighted by Gasteiger charge is 2.19. The molecule has 0 bridgehead atoms. The molecule has 0 fully saturated rings. The number of nitrogens with one attached hydrogen (secondary N) is 1. The molecule has 0 aliphatic rings. The van der Waals surface area contributed by atoms with Crippen LogP contribution in [-0.2, 0) is 19.2 Å². The normalized spacial score (nSPS) is 11.5. The van der Waals surface area contributed by atoms with E-state index in [0.717, 1.165) is 6.08 Å². The van der Waals surface area contributed by atoms with Gasteiger partial charge in [-0.25, -0.2) is 4.79 Å². The van der Waals surface area contributed by atoms with Crippen LogP contribution in [0.15, 0.2) is 12.7 Å². The molecule has 7 heteroatoms. The molecule has 0 heterocycles. The highest BCUT2D eigenvalue weighted by Crippen LogP contribution is 1.98. The van der Waals surface area contributed by atoms with Gasteiger partial charge in [0, 0.05) is 12.5 Å². The maximum Gasteiger partial charge on any atom is 0.348 e. The predicted octanol–water partition coefficient (Wildman–Crippen LogP) is -0.462. The van der Waals surface area contributed by atoms with Crippen LogP contribution in [0.25, 0.3) is 0 Å². The summed E-state index contributed by atoms with van der Waals surface area (Å²) in [5.74, 6) is -3.26. The van der Waals surface area contributed by atoms with Crippen LogP contribution in [0.3, 0.4) is 0 Å². The second kappa shape index (κ2) is 6.55. The van der Waals surface area contributed by atoms with Crippen molar-refractivity contribution in [2.45, 2.75) is 18.9 Å². The third-order valence-electron chi connectivity index (χ3n) is 1.41. The quantitative estimate of drug-likeness (QED) is 0.390. The van der Waals surface area contributed by atoms with E-state index in [1.165, 1.54) is 0 Å². The highest BCUT2D eigenvalue weighted by atomic mass is 16.7. The van der Waals surface area contributed by atoms with Crippen LogP contribution in [0, 0.1) is 0 Å². The molecule has 1 unspecified atom stereocenters. The molecule has 0 radical (unpaired) electrons. The Morgan fingerprint density at radius 3 is 2.40 bits per heavy atom. The van der Waals surface area contributed by atoms with Crippen molar-refractivity contribution in [2.24, 2.45) is 0 Å². The maximum atomic E-state index is 10.6. The largest absolute Gasteiger partial charge is 0.481 e. The van der Waals surface area contributed by atoms with Crippen molar-refractivity contribution in [3.63, 3.8) is 0 Å². The van der Waals surface area contributed by atoms with E-state index in [4.69, 9.17) is 10.2 Å². The average molecular weight is 217 g/mol. The van der Waals surface area contributed by atoms with Gasteiger partial charge in [-0.15, -0.1) is 5.48 Å². The SMILES string of the molecule is C=CC(=O)ONC(CCC(=O)O)C(=O)O. The minimum atomic E-state index is -1.30. The molecule has 3 N–H and O–H groups in total. The van der Waals surface area contributed by atoms with Crippen LogP contribution in [-0.4, -0.2) is 34.2 Å². The van der Waals surface area contributed by atoms with Crippen molar-refractivity contribution in [1.29, 1.82) is 0 Å². The van der Waals surface area contributed by atoms with Crippen LogP contribution >= 0.6 is 0 Å². The van der Waals surface area contributed by atoms with Crippen molar-refractivity contribution in [1.82, 2.24) is 5.48 Å². The zero-order valence-electron chi connectivity index (χ0n) is 7.80. The van der Waals surface area contributed by atoms with Gasteiger partial charge in [0.2, 0.25) is 0 Å². The average Bonchev–Trinajstić information content (AvgIpc) is 2.16. The lowest BCUT2D eigenvalue weighted by Gasteiger charge is -2.11. The van der Waals surface area contributed by atoms with Gasteiger partial charge < -0.3 is 15.1 Å². The number of carboxylic acids is 2. The Hall–Kier alpha value is -1.89. The molecule has 0 spiro atoms. The predicted molar refractivity (Wildman–Crippen MR) is 47.7 cm³/mol. The Balaban J connectivity index is 4.04. The number of rotatable bonds is 7. The van der Waals surface area contributed by atoms with Gasteiger partial charge in [-0.2, -0.15) is 0 Å². The molecule has 0 aromatic carbocycles. The number of carbonyl (C=O) groups excluding carboxylic acids is 1. The van der Waals surface area contributed by atoms with E-state index in [1.807, 2.05) is 5.48 Å². The van der Waals surface area contributed by atoms with E-state index in [2.05, 4.69) is 11.4 Å². The topological polar surface area (TPSA) is 113 Å². The molecule has 0 aromatic heterocycles. The minimum Gasteiger partial charge on any atom is -0.481 e. The maximum absolute atomic E-state index is 10.6. The molecule has 7 nitrogen and oxygen atoms in total. The number of hydrogen-bond donors (Lipinski definition) is 3. The number of aliphatic carboxylic acids is 2. The highest BCUT2D eigenvalue weighted by molar-refractivity contribution is 5.81. The van der Waals surface area contributed by atoms with Crippen molar-refractivity contribution in [3.05, 3.63) is 12.7 Å². The number of hydroxylamine groups is 1. The summed E-state index contributed by atoms with van der Waals surface area (Å²) in [6.45, 7) is 3.10. The molecular formula is C8H11NO6. The summed E-state index contributed by atoms with van der Waals surface area (Å²) in [5, 5.41) is 16.9. The number of hydrogen-bond acceptors (Lipinski definition) is 5. The molecule has 84 valence electrons. The zero-order chi connectivity index (χ0) is 11.8. The summed E-state index contributed by atoms with van der Waals surface area (Å²) in [6, 6.07) is -1.25. The Labute approximate surface area is 85.3 Å². The van der Waals surface area contributed by atoms with Crippen molar-refractivity contribution < 1.29 is 29.4 Å². The van der Waals surface area contributed by atoms with Gasteiger partial charge in [-0.1, -0.05) is 6.58 Å². The van der Waals surface area contributed by atoms with Crippen molar-refractivity contribution >= 4 is 17.9 Å². The van der Waals surface area contributed by atoms with Gasteiger partial charge in [-0.3, -0.25) is 9.59 Å². The Kier molecular flexibility index (Phi) is 5.72. The monoisotopic (exact) mass is 217 g/mol. The van der Waals surface area contributed by atoms with E-state index in [-0.39, 0.29) is 12.8 Å². The van der Waals surface area contributed by atoms with E-state index in [0.29, 0.717) is 0 Å². The van der Waals surface area contributed by atoms with E-state index in [1.54, 1.807) is 0 Å². The standard InChI is InChI=1S/C8H11NO6/c1-2-7(12)15-9-5(8(13)14)3-4-6(10)11/h2,5,9H,1,3-4H2,(H,10,11)(H,13,14). The molecule has 1 atom stereocenters. The lowest BCUT2D eigenvalue weighted by molar-refractivity contribution is -0.154. The number of carboxylic acid groups (broad SMARTS) is 2. The zero-order valence-corrected chi connectivity index (χ0v) is 7.80. The van der Waals surface area contributed by atoms with Gasteiger partial charge in [-0.05, 0) is 6.42 Å². The van der Waals surface area contributed by atoms with Gasteiger partial charge in [0.25, 0.3) is 0 Å². The molecule has 0 amide bonds. The van der Waals surface area contributed by atoms with Crippen molar-refractivity contribution in [3.8, 4) is 0 Å². The molecule has 0 aliphatic carbocycles. The fourth-order valence-electron chi connectivity index (χ4n) is 0.671. The number of carbonyl (C=O) groups is 3. The minimum absolute atomic E-state index is 0.185. The van der Waals surface area contributed by atoms with Crippen LogP contribution < -0.4 is 5.48 Å². The van der Waals surface area contributed by atoms with Crippen LogP contribution in [0.5, 0.6) is 0 Å². The second-order valence-corrected chi connectivity index (χ2v) is 2.57. The summed E-state index contributed by atoms with van der Waals surface area (Å²) >= 11 is 0. The lowest BCUT2D eigenvalue weighted by Crippen LogP contribution is -2.38.